The molecule has 0 spiro atoms. The predicted molar refractivity (Wildman–Crippen MR) is 138 cm³/mol. The molecule has 0 bridgehead atoms. The quantitative estimate of drug-likeness (QED) is 0.181. The molecule has 0 atom stereocenters. The van der Waals surface area contributed by atoms with Gasteiger partial charge in [-0.25, -0.2) is 9.59 Å². The van der Waals surface area contributed by atoms with Gasteiger partial charge in [-0.05, 0) is 77.8 Å². The fraction of sp³-hybridized carbons (Fsp3) is 0.310. The summed E-state index contributed by atoms with van der Waals surface area (Å²) in [6.45, 7) is 10.2. The summed E-state index contributed by atoms with van der Waals surface area (Å²) in [5.74, 6) is -0.401. The van der Waals surface area contributed by atoms with Crippen LogP contribution in [0.4, 0.5) is 0 Å². The van der Waals surface area contributed by atoms with Gasteiger partial charge in [0.1, 0.15) is 23.3 Å². The van der Waals surface area contributed by atoms with Gasteiger partial charge in [-0.2, -0.15) is 0 Å². The molecule has 0 fully saturated rings. The van der Waals surface area contributed by atoms with Crippen molar-refractivity contribution in [1.29, 1.82) is 0 Å². The van der Waals surface area contributed by atoms with E-state index < -0.39 is 11.6 Å². The molecule has 1 heterocycles. The molecule has 3 rings (SSSR count). The van der Waals surface area contributed by atoms with Crippen LogP contribution in [0, 0.1) is 0 Å². The summed E-state index contributed by atoms with van der Waals surface area (Å²) >= 11 is 0. The lowest BCUT2D eigenvalue weighted by Gasteiger charge is -2.16. The average Bonchev–Trinajstić information content (AvgIpc) is 2.80. The summed E-state index contributed by atoms with van der Waals surface area (Å²) in [4.78, 5) is 25.6. The van der Waals surface area contributed by atoms with Crippen LogP contribution in [0.15, 0.2) is 81.0 Å². The first-order valence-electron chi connectivity index (χ1n) is 11.7. The second kappa shape index (κ2) is 12.1. The number of fused-ring (bicyclic) bond motifs is 1. The van der Waals surface area contributed by atoms with E-state index in [1.165, 1.54) is 5.57 Å². The number of hydrogen-bond acceptors (Lipinski definition) is 6. The molecule has 0 saturated carbocycles. The fourth-order valence-electron chi connectivity index (χ4n) is 3.43. The zero-order valence-corrected chi connectivity index (χ0v) is 20.9. The van der Waals surface area contributed by atoms with E-state index in [2.05, 4.69) is 19.9 Å². The maximum atomic E-state index is 12.9. The number of benzene rings is 2. The lowest BCUT2D eigenvalue weighted by molar-refractivity contribution is 0.0722. The van der Waals surface area contributed by atoms with Crippen molar-refractivity contribution in [2.75, 3.05) is 6.61 Å². The van der Waals surface area contributed by atoms with E-state index in [9.17, 15) is 9.59 Å². The Bertz CT molecular complexity index is 1280. The zero-order chi connectivity index (χ0) is 25.4. The van der Waals surface area contributed by atoms with Gasteiger partial charge in [-0.3, -0.25) is 0 Å². The molecule has 0 aliphatic carbocycles. The largest absolute Gasteiger partial charge is 0.490 e. The number of ether oxygens (including phenoxy) is 3. The van der Waals surface area contributed by atoms with Crippen LogP contribution in [0.3, 0.4) is 0 Å². The second-order valence-electron chi connectivity index (χ2n) is 8.78. The Labute approximate surface area is 205 Å². The molecule has 35 heavy (non-hydrogen) atoms. The van der Waals surface area contributed by atoms with E-state index in [1.54, 1.807) is 48.5 Å². The van der Waals surface area contributed by atoms with E-state index in [0.717, 1.165) is 18.4 Å². The number of carbonyl (C=O) groups is 1. The van der Waals surface area contributed by atoms with Crippen LogP contribution in [-0.2, 0) is 0 Å². The molecule has 0 saturated heterocycles. The topological polar surface area (TPSA) is 75.0 Å². The Kier molecular flexibility index (Phi) is 8.90. The van der Waals surface area contributed by atoms with Crippen LogP contribution >= 0.6 is 0 Å². The normalized spacial score (nSPS) is 11.4. The number of hydrogen-bond donors (Lipinski definition) is 0. The van der Waals surface area contributed by atoms with Crippen molar-refractivity contribution in [3.05, 3.63) is 87.8 Å². The molecule has 184 valence electrons. The van der Waals surface area contributed by atoms with Crippen LogP contribution < -0.4 is 19.8 Å². The van der Waals surface area contributed by atoms with Gasteiger partial charge >= 0.3 is 11.6 Å². The van der Waals surface area contributed by atoms with Gasteiger partial charge in [0, 0.05) is 0 Å². The number of allylic oxidation sites excluding steroid dienone is 3. The molecule has 1 aromatic heterocycles. The molecule has 3 aromatic rings. The molecule has 0 aliphatic heterocycles. The highest BCUT2D eigenvalue weighted by molar-refractivity contribution is 5.95. The van der Waals surface area contributed by atoms with Gasteiger partial charge in [-0.15, -0.1) is 0 Å². The lowest BCUT2D eigenvalue weighted by Crippen LogP contribution is -2.16. The maximum Gasteiger partial charge on any atom is 0.383 e. The van der Waals surface area contributed by atoms with Crippen LogP contribution in [0.5, 0.6) is 17.2 Å². The third-order valence-corrected chi connectivity index (χ3v) is 5.13. The Morgan fingerprint density at radius 1 is 0.971 bits per heavy atom. The summed E-state index contributed by atoms with van der Waals surface area (Å²) in [5, 5.41) is 0.437. The molecular weight excluding hydrogens is 444 g/mol. The Hall–Kier alpha value is -3.80. The molecule has 0 amide bonds. The van der Waals surface area contributed by atoms with Crippen molar-refractivity contribution >= 4 is 16.9 Å². The first-order chi connectivity index (χ1) is 16.8. The molecule has 6 nitrogen and oxygen atoms in total. The van der Waals surface area contributed by atoms with Crippen molar-refractivity contribution < 1.29 is 23.4 Å². The fourth-order valence-corrected chi connectivity index (χ4v) is 3.43. The Morgan fingerprint density at radius 2 is 1.71 bits per heavy atom. The van der Waals surface area contributed by atoms with Crippen molar-refractivity contribution in [1.82, 2.24) is 0 Å². The van der Waals surface area contributed by atoms with Crippen LogP contribution in [0.2, 0.25) is 0 Å². The van der Waals surface area contributed by atoms with E-state index in [1.807, 2.05) is 26.8 Å². The third-order valence-electron chi connectivity index (χ3n) is 5.13. The van der Waals surface area contributed by atoms with Gasteiger partial charge < -0.3 is 18.6 Å². The molecule has 0 unspecified atom stereocenters. The van der Waals surface area contributed by atoms with Crippen molar-refractivity contribution in [3.8, 4) is 17.2 Å². The molecule has 0 radical (unpaired) electrons. The van der Waals surface area contributed by atoms with E-state index >= 15 is 0 Å². The van der Waals surface area contributed by atoms with E-state index in [4.69, 9.17) is 18.6 Å². The first kappa shape index (κ1) is 25.8. The SMILES string of the molecule is CC(C)=CCCC(C)=CCOc1c(OC(=O)c2ccccc2)c(=O)oc2cccc(OC(C)C)c12. The monoisotopic (exact) mass is 476 g/mol. The standard InChI is InChI=1S/C29H32O6/c1-19(2)11-9-12-21(5)17-18-32-26-25-23(33-20(3)4)15-10-16-24(25)34-29(31)27(26)35-28(30)22-13-7-6-8-14-22/h6-8,10-11,13-17,20H,9,12,18H2,1-5H3. The Balaban J connectivity index is 2.02. The minimum Gasteiger partial charge on any atom is -0.490 e. The van der Waals surface area contributed by atoms with Gasteiger partial charge in [0.25, 0.3) is 5.75 Å². The highest BCUT2D eigenvalue weighted by atomic mass is 16.6. The smallest absolute Gasteiger partial charge is 0.383 e. The van der Waals surface area contributed by atoms with E-state index in [0.29, 0.717) is 16.7 Å². The summed E-state index contributed by atoms with van der Waals surface area (Å²) in [6, 6.07) is 13.6. The molecule has 2 aromatic carbocycles. The predicted octanol–water partition coefficient (Wildman–Crippen LogP) is 6.87. The highest BCUT2D eigenvalue weighted by Gasteiger charge is 2.24. The number of esters is 1. The lowest BCUT2D eigenvalue weighted by atomic mass is 10.1. The maximum absolute atomic E-state index is 12.9. The highest BCUT2D eigenvalue weighted by Crippen LogP contribution is 2.39. The number of carbonyl (C=O) groups excluding carboxylic acids is 1. The summed E-state index contributed by atoms with van der Waals surface area (Å²) < 4.78 is 23.0. The minimum atomic E-state index is -0.803. The van der Waals surface area contributed by atoms with Crippen LogP contribution in [0.1, 0.15) is 57.8 Å². The van der Waals surface area contributed by atoms with Crippen molar-refractivity contribution in [2.45, 2.75) is 53.6 Å². The van der Waals surface area contributed by atoms with Crippen molar-refractivity contribution in [2.24, 2.45) is 0 Å². The van der Waals surface area contributed by atoms with E-state index in [-0.39, 0.29) is 29.8 Å². The Morgan fingerprint density at radius 3 is 2.40 bits per heavy atom. The average molecular weight is 477 g/mol. The molecule has 0 N–H and O–H groups in total. The molecule has 0 aliphatic rings. The van der Waals surface area contributed by atoms with Gasteiger partial charge in [-0.1, -0.05) is 41.5 Å². The number of rotatable bonds is 10. The van der Waals surface area contributed by atoms with Gasteiger partial charge in [0.2, 0.25) is 0 Å². The van der Waals surface area contributed by atoms with Gasteiger partial charge in [0.05, 0.1) is 11.7 Å². The summed E-state index contributed by atoms with van der Waals surface area (Å²) in [7, 11) is 0. The van der Waals surface area contributed by atoms with Crippen molar-refractivity contribution in [3.63, 3.8) is 0 Å². The third kappa shape index (κ3) is 7.09. The second-order valence-corrected chi connectivity index (χ2v) is 8.78. The summed E-state index contributed by atoms with van der Waals surface area (Å²) in [6.07, 6.45) is 5.84. The van der Waals surface area contributed by atoms with Crippen LogP contribution in [0.25, 0.3) is 11.0 Å². The zero-order valence-electron chi connectivity index (χ0n) is 20.9. The van der Waals surface area contributed by atoms with Gasteiger partial charge in [0.15, 0.2) is 5.75 Å². The minimum absolute atomic E-state index is 0.116. The molecular formula is C29H32O6. The first-order valence-corrected chi connectivity index (χ1v) is 11.7. The molecule has 6 heteroatoms. The summed E-state index contributed by atoms with van der Waals surface area (Å²) in [5.41, 5.74) is 2.21. The van der Waals surface area contributed by atoms with Crippen LogP contribution in [-0.4, -0.2) is 18.7 Å².